The number of nitro groups is 1. The number of rotatable bonds is 3. The van der Waals surface area contributed by atoms with E-state index in [9.17, 15) is 10.1 Å². The number of pyridine rings is 1. The fraction of sp³-hybridized carbons (Fsp3) is 0. The van der Waals surface area contributed by atoms with Gasteiger partial charge in [0.15, 0.2) is 0 Å². The highest BCUT2D eigenvalue weighted by atomic mass is 16.6. The molecule has 116 valence electrons. The number of terminal acetylenes is 1. The molecule has 0 spiro atoms. The van der Waals surface area contributed by atoms with Gasteiger partial charge < -0.3 is 5.73 Å². The van der Waals surface area contributed by atoms with Crippen molar-refractivity contribution in [2.45, 2.75) is 0 Å². The number of anilines is 1. The molecule has 5 nitrogen and oxygen atoms in total. The van der Waals surface area contributed by atoms with E-state index >= 15 is 0 Å². The SMILES string of the molecule is C#Cc1ccnc(-c2cc([N+](=O)[O-])c(-c3ccccc3)cc2N)c1. The molecule has 2 N–H and O–H groups in total. The second kappa shape index (κ2) is 6.23. The molecule has 0 saturated carbocycles. The summed E-state index contributed by atoms with van der Waals surface area (Å²) < 4.78 is 0. The first-order valence-electron chi connectivity index (χ1n) is 7.16. The standard InChI is InChI=1S/C19H13N3O2/c1-2-13-8-9-21-18(10-13)16-12-19(22(23)24)15(11-17(16)20)14-6-4-3-5-7-14/h1,3-12H,20H2. The second-order valence-electron chi connectivity index (χ2n) is 5.15. The third-order valence-electron chi connectivity index (χ3n) is 3.65. The summed E-state index contributed by atoms with van der Waals surface area (Å²) in [4.78, 5) is 15.3. The molecule has 3 aromatic rings. The van der Waals surface area contributed by atoms with Gasteiger partial charge in [0.25, 0.3) is 5.69 Å². The lowest BCUT2D eigenvalue weighted by Crippen LogP contribution is -1.98. The summed E-state index contributed by atoms with van der Waals surface area (Å²) in [6.45, 7) is 0. The molecule has 1 aromatic heterocycles. The average Bonchev–Trinajstić information content (AvgIpc) is 2.62. The quantitative estimate of drug-likeness (QED) is 0.344. The number of benzene rings is 2. The van der Waals surface area contributed by atoms with Gasteiger partial charge in [-0.05, 0) is 23.8 Å². The summed E-state index contributed by atoms with van der Waals surface area (Å²) in [6.07, 6.45) is 6.95. The zero-order chi connectivity index (χ0) is 17.1. The first-order valence-corrected chi connectivity index (χ1v) is 7.16. The maximum atomic E-state index is 11.5. The van der Waals surface area contributed by atoms with Crippen molar-refractivity contribution in [3.8, 4) is 34.7 Å². The highest BCUT2D eigenvalue weighted by Gasteiger charge is 2.19. The van der Waals surface area contributed by atoms with Crippen LogP contribution in [-0.2, 0) is 0 Å². The van der Waals surface area contributed by atoms with E-state index in [1.54, 1.807) is 36.5 Å². The maximum Gasteiger partial charge on any atom is 0.278 e. The molecule has 0 aliphatic carbocycles. The van der Waals surface area contributed by atoms with Gasteiger partial charge in [0.2, 0.25) is 0 Å². The number of nitrogens with two attached hydrogens (primary N) is 1. The van der Waals surface area contributed by atoms with Crippen molar-refractivity contribution in [3.05, 3.63) is 76.5 Å². The van der Waals surface area contributed by atoms with Crippen LogP contribution >= 0.6 is 0 Å². The van der Waals surface area contributed by atoms with E-state index in [2.05, 4.69) is 10.9 Å². The van der Waals surface area contributed by atoms with Crippen molar-refractivity contribution in [3.63, 3.8) is 0 Å². The zero-order valence-corrected chi connectivity index (χ0v) is 12.6. The van der Waals surface area contributed by atoms with E-state index in [1.165, 1.54) is 6.07 Å². The molecule has 1 heterocycles. The zero-order valence-electron chi connectivity index (χ0n) is 12.6. The molecule has 0 unspecified atom stereocenters. The number of nitro benzene ring substituents is 1. The van der Waals surface area contributed by atoms with E-state index in [0.29, 0.717) is 28.1 Å². The van der Waals surface area contributed by atoms with Gasteiger partial charge in [0, 0.05) is 29.1 Å². The fourth-order valence-electron chi connectivity index (χ4n) is 2.49. The molecular weight excluding hydrogens is 302 g/mol. The second-order valence-corrected chi connectivity index (χ2v) is 5.15. The predicted octanol–water partition coefficient (Wildman–Crippen LogP) is 3.89. The summed E-state index contributed by atoms with van der Waals surface area (Å²) in [7, 11) is 0. The van der Waals surface area contributed by atoms with E-state index in [0.717, 1.165) is 5.56 Å². The molecular formula is C19H13N3O2. The van der Waals surface area contributed by atoms with Crippen LogP contribution in [0.3, 0.4) is 0 Å². The number of nitrogen functional groups attached to an aromatic ring is 1. The van der Waals surface area contributed by atoms with E-state index in [4.69, 9.17) is 12.2 Å². The Kier molecular flexibility index (Phi) is 3.96. The third kappa shape index (κ3) is 2.81. The van der Waals surface area contributed by atoms with Crippen molar-refractivity contribution in [1.29, 1.82) is 0 Å². The largest absolute Gasteiger partial charge is 0.398 e. The molecule has 0 bridgehead atoms. The van der Waals surface area contributed by atoms with Gasteiger partial charge in [-0.15, -0.1) is 6.42 Å². The molecule has 0 fully saturated rings. The van der Waals surface area contributed by atoms with E-state index in [-0.39, 0.29) is 5.69 Å². The van der Waals surface area contributed by atoms with Gasteiger partial charge >= 0.3 is 0 Å². The highest BCUT2D eigenvalue weighted by Crippen LogP contribution is 2.37. The minimum Gasteiger partial charge on any atom is -0.398 e. The van der Waals surface area contributed by atoms with Crippen molar-refractivity contribution in [2.24, 2.45) is 0 Å². The van der Waals surface area contributed by atoms with Gasteiger partial charge in [-0.1, -0.05) is 36.3 Å². The maximum absolute atomic E-state index is 11.5. The Morgan fingerprint density at radius 1 is 1.08 bits per heavy atom. The fourth-order valence-corrected chi connectivity index (χ4v) is 2.49. The van der Waals surface area contributed by atoms with Gasteiger partial charge in [0.05, 0.1) is 16.2 Å². The van der Waals surface area contributed by atoms with Gasteiger partial charge in [0.1, 0.15) is 0 Å². The molecule has 24 heavy (non-hydrogen) atoms. The van der Waals surface area contributed by atoms with Crippen LogP contribution in [0.2, 0.25) is 0 Å². The first-order chi connectivity index (χ1) is 11.6. The monoisotopic (exact) mass is 315 g/mol. The van der Waals surface area contributed by atoms with E-state index < -0.39 is 4.92 Å². The molecule has 3 rings (SSSR count). The summed E-state index contributed by atoms with van der Waals surface area (Å²) in [6, 6.07) is 15.5. The summed E-state index contributed by atoms with van der Waals surface area (Å²) >= 11 is 0. The van der Waals surface area contributed by atoms with Crippen LogP contribution in [0.1, 0.15) is 5.56 Å². The van der Waals surface area contributed by atoms with Crippen LogP contribution in [0.15, 0.2) is 60.8 Å². The third-order valence-corrected chi connectivity index (χ3v) is 3.65. The topological polar surface area (TPSA) is 82.0 Å². The Morgan fingerprint density at radius 3 is 2.50 bits per heavy atom. The van der Waals surface area contributed by atoms with Crippen LogP contribution in [0, 0.1) is 22.5 Å². The van der Waals surface area contributed by atoms with Crippen LogP contribution in [0.4, 0.5) is 11.4 Å². The number of aromatic nitrogens is 1. The molecule has 0 amide bonds. The number of hydrogen-bond donors (Lipinski definition) is 1. The molecule has 0 aliphatic rings. The lowest BCUT2D eigenvalue weighted by atomic mass is 9.98. The van der Waals surface area contributed by atoms with Crippen molar-refractivity contribution < 1.29 is 4.92 Å². The lowest BCUT2D eigenvalue weighted by molar-refractivity contribution is -0.384. The Labute approximate surface area is 138 Å². The number of nitrogens with zero attached hydrogens (tertiary/aromatic N) is 2. The summed E-state index contributed by atoms with van der Waals surface area (Å²) in [5, 5.41) is 11.5. The van der Waals surface area contributed by atoms with Crippen molar-refractivity contribution in [2.75, 3.05) is 5.73 Å². The Bertz CT molecular complexity index is 960. The van der Waals surface area contributed by atoms with Gasteiger partial charge in [-0.2, -0.15) is 0 Å². The van der Waals surface area contributed by atoms with Crippen LogP contribution < -0.4 is 5.73 Å². The highest BCUT2D eigenvalue weighted by molar-refractivity contribution is 5.86. The van der Waals surface area contributed by atoms with Crippen LogP contribution in [0.5, 0.6) is 0 Å². The molecule has 0 aliphatic heterocycles. The molecule has 5 heteroatoms. The summed E-state index contributed by atoms with van der Waals surface area (Å²) in [5.74, 6) is 2.52. The van der Waals surface area contributed by atoms with Gasteiger partial charge in [-0.3, -0.25) is 15.1 Å². The minimum absolute atomic E-state index is 0.0293. The smallest absolute Gasteiger partial charge is 0.278 e. The predicted molar refractivity (Wildman–Crippen MR) is 94.1 cm³/mol. The molecule has 2 aromatic carbocycles. The lowest BCUT2D eigenvalue weighted by Gasteiger charge is -2.10. The van der Waals surface area contributed by atoms with Crippen LogP contribution in [-0.4, -0.2) is 9.91 Å². The first kappa shape index (κ1) is 15.3. The molecule has 0 radical (unpaired) electrons. The average molecular weight is 315 g/mol. The van der Waals surface area contributed by atoms with Crippen molar-refractivity contribution in [1.82, 2.24) is 4.98 Å². The summed E-state index contributed by atoms with van der Waals surface area (Å²) in [5.41, 5.74) is 9.33. The molecule has 0 saturated heterocycles. The van der Waals surface area contributed by atoms with Crippen LogP contribution in [0.25, 0.3) is 22.4 Å². The number of hydrogen-bond acceptors (Lipinski definition) is 4. The van der Waals surface area contributed by atoms with E-state index in [1.807, 2.05) is 18.2 Å². The molecule has 0 atom stereocenters. The Hall–Kier alpha value is -3.65. The Balaban J connectivity index is 2.22. The minimum atomic E-state index is -0.420. The Morgan fingerprint density at radius 2 is 1.83 bits per heavy atom. The normalized spacial score (nSPS) is 10.1. The van der Waals surface area contributed by atoms with Gasteiger partial charge in [-0.25, -0.2) is 0 Å². The van der Waals surface area contributed by atoms with Crippen molar-refractivity contribution >= 4 is 11.4 Å².